The maximum absolute atomic E-state index is 12.9. The number of carbonyl (C=O) groups is 1. The van der Waals surface area contributed by atoms with Gasteiger partial charge in [-0.15, -0.1) is 0 Å². The molecular formula is C31H30N2O6. The largest absolute Gasteiger partial charge is 0.489 e. The topological polar surface area (TPSA) is 110 Å². The molecular weight excluding hydrogens is 496 g/mol. The van der Waals surface area contributed by atoms with E-state index in [9.17, 15) is 15.1 Å². The van der Waals surface area contributed by atoms with Gasteiger partial charge in [0, 0.05) is 23.1 Å². The lowest BCUT2D eigenvalue weighted by Gasteiger charge is -2.35. The molecule has 0 radical (unpaired) electrons. The lowest BCUT2D eigenvalue weighted by Crippen LogP contribution is -2.46. The zero-order valence-electron chi connectivity index (χ0n) is 21.5. The van der Waals surface area contributed by atoms with Gasteiger partial charge in [0.2, 0.25) is 12.7 Å². The Kier molecular flexibility index (Phi) is 7.76. The second-order valence-electron chi connectivity index (χ2n) is 9.59. The van der Waals surface area contributed by atoms with Crippen LogP contribution < -0.4 is 10.2 Å². The number of hydrogen-bond donors (Lipinski definition) is 3. The third-order valence-electron chi connectivity index (χ3n) is 6.94. The second kappa shape index (κ2) is 11.6. The zero-order valence-corrected chi connectivity index (χ0v) is 21.5. The monoisotopic (exact) mass is 526 g/mol. The summed E-state index contributed by atoms with van der Waals surface area (Å²) in [5.74, 6) is -0.735. The van der Waals surface area contributed by atoms with Crippen LogP contribution in [0.1, 0.15) is 28.8 Å². The van der Waals surface area contributed by atoms with Crippen molar-refractivity contribution in [3.8, 4) is 5.75 Å². The lowest BCUT2D eigenvalue weighted by molar-refractivity contribution is -0.145. The standard InChI is InChI=1S/C31H30N2O6/c1-21-15-23(27-9-5-6-10-29(27)32-21)18-38-25-13-11-24(12-14-25)31(35,17-26-19-37-20-39-26)28(30(34)33-36)16-22-7-3-2-4-8-22/h2-15,19,28,35-36H,16-18,20H2,1H3,(H,33,34). The van der Waals surface area contributed by atoms with Gasteiger partial charge < -0.3 is 19.3 Å². The third kappa shape index (κ3) is 5.87. The predicted molar refractivity (Wildman–Crippen MR) is 144 cm³/mol. The number of benzene rings is 3. The molecule has 3 aromatic carbocycles. The molecule has 0 aliphatic carbocycles. The molecule has 2 heterocycles. The smallest absolute Gasteiger partial charge is 0.250 e. The highest BCUT2D eigenvalue weighted by molar-refractivity contribution is 5.82. The summed E-state index contributed by atoms with van der Waals surface area (Å²) in [6.45, 7) is 2.33. The zero-order chi connectivity index (χ0) is 27.2. The van der Waals surface area contributed by atoms with E-state index < -0.39 is 17.4 Å². The van der Waals surface area contributed by atoms with Crippen molar-refractivity contribution < 1.29 is 29.3 Å². The van der Waals surface area contributed by atoms with Crippen molar-refractivity contribution in [3.05, 3.63) is 119 Å². The normalized spacial score (nSPS) is 15.0. The van der Waals surface area contributed by atoms with Gasteiger partial charge in [-0.1, -0.05) is 60.7 Å². The fourth-order valence-corrected chi connectivity index (χ4v) is 4.98. The average molecular weight is 527 g/mol. The SMILES string of the molecule is Cc1cc(COc2ccc(C(O)(CC3=COCO3)C(Cc3ccccc3)C(=O)NO)cc2)c2ccccc2n1. The van der Waals surface area contributed by atoms with Crippen LogP contribution >= 0.6 is 0 Å². The summed E-state index contributed by atoms with van der Waals surface area (Å²) in [6.07, 6.45) is 1.59. The molecule has 1 aliphatic rings. The van der Waals surface area contributed by atoms with Crippen LogP contribution in [0.5, 0.6) is 5.75 Å². The first-order valence-electron chi connectivity index (χ1n) is 12.7. The van der Waals surface area contributed by atoms with Gasteiger partial charge in [-0.25, -0.2) is 5.48 Å². The minimum Gasteiger partial charge on any atom is -0.489 e. The summed E-state index contributed by atoms with van der Waals surface area (Å²) in [7, 11) is 0. The van der Waals surface area contributed by atoms with Gasteiger partial charge in [-0.2, -0.15) is 0 Å². The summed E-state index contributed by atoms with van der Waals surface area (Å²) < 4.78 is 16.8. The first-order valence-corrected chi connectivity index (χ1v) is 12.7. The number of aromatic nitrogens is 1. The van der Waals surface area contributed by atoms with E-state index in [2.05, 4.69) is 4.98 Å². The summed E-state index contributed by atoms with van der Waals surface area (Å²) in [5, 5.41) is 22.7. The molecule has 2 atom stereocenters. The van der Waals surface area contributed by atoms with Crippen LogP contribution in [0.15, 0.2) is 97.0 Å². The molecule has 39 heavy (non-hydrogen) atoms. The summed E-state index contributed by atoms with van der Waals surface area (Å²) in [5.41, 5.74) is 4.16. The van der Waals surface area contributed by atoms with Crippen LogP contribution in [-0.2, 0) is 32.9 Å². The van der Waals surface area contributed by atoms with Crippen molar-refractivity contribution in [1.29, 1.82) is 0 Å². The number of pyridine rings is 1. The second-order valence-corrected chi connectivity index (χ2v) is 9.59. The van der Waals surface area contributed by atoms with Crippen molar-refractivity contribution in [2.75, 3.05) is 6.79 Å². The predicted octanol–water partition coefficient (Wildman–Crippen LogP) is 4.91. The Morgan fingerprint density at radius 2 is 1.82 bits per heavy atom. The molecule has 0 saturated heterocycles. The van der Waals surface area contributed by atoms with E-state index in [4.69, 9.17) is 14.2 Å². The number of hydroxylamine groups is 1. The summed E-state index contributed by atoms with van der Waals surface area (Å²) in [6, 6.07) is 26.2. The minimum atomic E-state index is -1.72. The molecule has 4 aromatic rings. The first kappa shape index (κ1) is 26.2. The Labute approximate surface area is 226 Å². The Hall–Kier alpha value is -4.40. The van der Waals surface area contributed by atoms with Crippen molar-refractivity contribution >= 4 is 16.8 Å². The maximum atomic E-state index is 12.9. The number of hydrogen-bond acceptors (Lipinski definition) is 7. The van der Waals surface area contributed by atoms with E-state index in [-0.39, 0.29) is 19.6 Å². The highest BCUT2D eigenvalue weighted by Crippen LogP contribution is 2.40. The van der Waals surface area contributed by atoms with Crippen molar-refractivity contribution in [3.63, 3.8) is 0 Å². The molecule has 3 N–H and O–H groups in total. The van der Waals surface area contributed by atoms with Gasteiger partial charge in [-0.05, 0) is 48.7 Å². The van der Waals surface area contributed by atoms with Crippen LogP contribution in [0.4, 0.5) is 0 Å². The Balaban J connectivity index is 1.43. The fourth-order valence-electron chi connectivity index (χ4n) is 4.98. The molecule has 8 heteroatoms. The number of nitrogens with one attached hydrogen (secondary N) is 1. The number of aryl methyl sites for hydroxylation is 1. The Morgan fingerprint density at radius 3 is 2.54 bits per heavy atom. The molecule has 5 rings (SSSR count). The number of para-hydroxylation sites is 1. The number of carbonyl (C=O) groups excluding carboxylic acids is 1. The maximum Gasteiger partial charge on any atom is 0.250 e. The highest BCUT2D eigenvalue weighted by atomic mass is 16.7. The van der Waals surface area contributed by atoms with E-state index in [1.165, 1.54) is 6.26 Å². The molecule has 0 bridgehead atoms. The van der Waals surface area contributed by atoms with Gasteiger partial charge in [0.1, 0.15) is 30.0 Å². The van der Waals surface area contributed by atoms with Gasteiger partial charge >= 0.3 is 0 Å². The lowest BCUT2D eigenvalue weighted by atomic mass is 9.75. The van der Waals surface area contributed by atoms with Crippen molar-refractivity contribution in [2.45, 2.75) is 32.0 Å². The van der Waals surface area contributed by atoms with Crippen LogP contribution in [0.2, 0.25) is 0 Å². The Bertz CT molecular complexity index is 1470. The number of aliphatic hydroxyl groups is 1. The van der Waals surface area contributed by atoms with Crippen LogP contribution in [0, 0.1) is 12.8 Å². The van der Waals surface area contributed by atoms with Crippen molar-refractivity contribution in [2.24, 2.45) is 5.92 Å². The average Bonchev–Trinajstić information content (AvgIpc) is 3.47. The Morgan fingerprint density at radius 1 is 1.08 bits per heavy atom. The van der Waals surface area contributed by atoms with E-state index in [0.29, 0.717) is 23.7 Å². The van der Waals surface area contributed by atoms with E-state index >= 15 is 0 Å². The molecule has 2 unspecified atom stereocenters. The number of nitrogens with zero attached hydrogens (tertiary/aromatic N) is 1. The van der Waals surface area contributed by atoms with Gasteiger partial charge in [0.25, 0.3) is 0 Å². The van der Waals surface area contributed by atoms with Crippen molar-refractivity contribution in [1.82, 2.24) is 10.5 Å². The number of ether oxygens (including phenoxy) is 3. The minimum absolute atomic E-state index is 0.0274. The van der Waals surface area contributed by atoms with Crippen LogP contribution in [0.25, 0.3) is 10.9 Å². The molecule has 1 aliphatic heterocycles. The van der Waals surface area contributed by atoms with Gasteiger partial charge in [-0.3, -0.25) is 15.0 Å². The molecule has 200 valence electrons. The van der Waals surface area contributed by atoms with E-state index in [1.54, 1.807) is 29.7 Å². The third-order valence-corrected chi connectivity index (χ3v) is 6.94. The molecule has 1 aromatic heterocycles. The van der Waals surface area contributed by atoms with Crippen LogP contribution in [-0.4, -0.2) is 28.0 Å². The number of amides is 1. The molecule has 0 saturated carbocycles. The van der Waals surface area contributed by atoms with E-state index in [1.807, 2.05) is 67.6 Å². The summed E-state index contributed by atoms with van der Waals surface area (Å²) >= 11 is 0. The molecule has 1 amide bonds. The van der Waals surface area contributed by atoms with E-state index in [0.717, 1.165) is 27.7 Å². The van der Waals surface area contributed by atoms with Gasteiger partial charge in [0.15, 0.2) is 0 Å². The number of fused-ring (bicyclic) bond motifs is 1. The first-order chi connectivity index (χ1) is 19.0. The quantitative estimate of drug-likeness (QED) is 0.199. The summed E-state index contributed by atoms with van der Waals surface area (Å²) in [4.78, 5) is 17.5. The molecule has 8 nitrogen and oxygen atoms in total. The molecule has 0 fully saturated rings. The number of rotatable bonds is 10. The fraction of sp³-hybridized carbons (Fsp3) is 0.226. The van der Waals surface area contributed by atoms with Crippen LogP contribution in [0.3, 0.4) is 0 Å². The highest BCUT2D eigenvalue weighted by Gasteiger charge is 2.44. The van der Waals surface area contributed by atoms with Gasteiger partial charge in [0.05, 0.1) is 11.4 Å². The molecule has 0 spiro atoms.